The maximum atomic E-state index is 11.7. The predicted molar refractivity (Wildman–Crippen MR) is 88.1 cm³/mol. The zero-order valence-corrected chi connectivity index (χ0v) is 13.2. The maximum absolute atomic E-state index is 11.7. The number of rotatable bonds is 6. The van der Waals surface area contributed by atoms with Crippen LogP contribution in [0.25, 0.3) is 10.8 Å². The summed E-state index contributed by atoms with van der Waals surface area (Å²) in [5, 5.41) is 8.37. The van der Waals surface area contributed by atoms with Crippen molar-refractivity contribution in [1.29, 1.82) is 0 Å². The predicted octanol–water partition coefficient (Wildman–Crippen LogP) is 3.93. The van der Waals surface area contributed by atoms with E-state index >= 15 is 0 Å². The molecule has 106 valence electrons. The highest BCUT2D eigenvalue weighted by Gasteiger charge is 2.05. The molecule has 0 fully saturated rings. The molecule has 20 heavy (non-hydrogen) atoms. The van der Waals surface area contributed by atoms with E-state index in [0.717, 1.165) is 40.3 Å². The van der Waals surface area contributed by atoms with Crippen LogP contribution >= 0.6 is 15.9 Å². The second kappa shape index (κ2) is 7.29. The standard InChI is InChI=1S/C16H19BrN2O/c1-2-3-10-18-16(20)11-19-15-9-8-14(17)12-6-4-5-7-13(12)15/h4-9,19H,2-3,10-11H2,1H3,(H,18,20). The van der Waals surface area contributed by atoms with Gasteiger partial charge >= 0.3 is 0 Å². The molecule has 0 saturated heterocycles. The van der Waals surface area contributed by atoms with Crippen LogP contribution < -0.4 is 10.6 Å². The van der Waals surface area contributed by atoms with Crippen LogP contribution in [-0.4, -0.2) is 19.0 Å². The molecule has 0 saturated carbocycles. The first kappa shape index (κ1) is 14.9. The van der Waals surface area contributed by atoms with Gasteiger partial charge in [0, 0.05) is 22.1 Å². The average Bonchev–Trinajstić information content (AvgIpc) is 2.47. The Morgan fingerprint density at radius 3 is 2.65 bits per heavy atom. The first-order valence-electron chi connectivity index (χ1n) is 6.90. The summed E-state index contributed by atoms with van der Waals surface area (Å²) in [4.78, 5) is 11.7. The van der Waals surface area contributed by atoms with E-state index in [1.165, 1.54) is 0 Å². The summed E-state index contributed by atoms with van der Waals surface area (Å²) in [6, 6.07) is 12.1. The molecule has 2 rings (SSSR count). The monoisotopic (exact) mass is 334 g/mol. The molecule has 0 radical (unpaired) electrons. The Labute approximate surface area is 127 Å². The van der Waals surface area contributed by atoms with E-state index in [1.807, 2.05) is 24.3 Å². The molecular formula is C16H19BrN2O. The lowest BCUT2D eigenvalue weighted by molar-refractivity contribution is -0.119. The maximum Gasteiger partial charge on any atom is 0.239 e. The van der Waals surface area contributed by atoms with Crippen LogP contribution in [0.15, 0.2) is 40.9 Å². The van der Waals surface area contributed by atoms with Gasteiger partial charge in [0.15, 0.2) is 0 Å². The van der Waals surface area contributed by atoms with Gasteiger partial charge in [0.05, 0.1) is 6.54 Å². The Balaban J connectivity index is 2.03. The minimum Gasteiger partial charge on any atom is -0.376 e. The van der Waals surface area contributed by atoms with E-state index in [0.29, 0.717) is 6.54 Å². The highest BCUT2D eigenvalue weighted by molar-refractivity contribution is 9.10. The third-order valence-electron chi connectivity index (χ3n) is 3.16. The van der Waals surface area contributed by atoms with Gasteiger partial charge in [-0.2, -0.15) is 0 Å². The topological polar surface area (TPSA) is 41.1 Å². The zero-order valence-electron chi connectivity index (χ0n) is 11.6. The van der Waals surface area contributed by atoms with Gasteiger partial charge in [-0.15, -0.1) is 0 Å². The second-order valence-electron chi connectivity index (χ2n) is 4.70. The molecule has 0 aliphatic heterocycles. The molecule has 0 atom stereocenters. The number of benzene rings is 2. The van der Waals surface area contributed by atoms with Gasteiger partial charge in [-0.1, -0.05) is 53.5 Å². The van der Waals surface area contributed by atoms with E-state index in [-0.39, 0.29) is 5.91 Å². The molecule has 1 amide bonds. The molecule has 0 bridgehead atoms. The van der Waals surface area contributed by atoms with Crippen molar-refractivity contribution in [3.63, 3.8) is 0 Å². The van der Waals surface area contributed by atoms with Crippen LogP contribution in [0.4, 0.5) is 5.69 Å². The van der Waals surface area contributed by atoms with Crippen LogP contribution in [0.3, 0.4) is 0 Å². The summed E-state index contributed by atoms with van der Waals surface area (Å²) in [6.45, 7) is 3.16. The SMILES string of the molecule is CCCCNC(=O)CNc1ccc(Br)c2ccccc12. The third-order valence-corrected chi connectivity index (χ3v) is 3.85. The summed E-state index contributed by atoms with van der Waals surface area (Å²) in [5.74, 6) is 0.0328. The quantitative estimate of drug-likeness (QED) is 0.786. The van der Waals surface area contributed by atoms with Crippen LogP contribution in [0.2, 0.25) is 0 Å². The minimum atomic E-state index is 0.0328. The molecule has 3 nitrogen and oxygen atoms in total. The van der Waals surface area contributed by atoms with Gasteiger partial charge < -0.3 is 10.6 Å². The smallest absolute Gasteiger partial charge is 0.239 e. The molecule has 2 aromatic rings. The summed E-state index contributed by atoms with van der Waals surface area (Å²) in [5.41, 5.74) is 0.981. The Kier molecular flexibility index (Phi) is 5.41. The summed E-state index contributed by atoms with van der Waals surface area (Å²) in [7, 11) is 0. The first-order valence-corrected chi connectivity index (χ1v) is 7.69. The van der Waals surface area contributed by atoms with Crippen molar-refractivity contribution in [2.45, 2.75) is 19.8 Å². The lowest BCUT2D eigenvalue weighted by Crippen LogP contribution is -2.30. The highest BCUT2D eigenvalue weighted by atomic mass is 79.9. The molecular weight excluding hydrogens is 316 g/mol. The van der Waals surface area contributed by atoms with Gasteiger partial charge in [-0.3, -0.25) is 4.79 Å². The number of hydrogen-bond acceptors (Lipinski definition) is 2. The first-order chi connectivity index (χ1) is 9.72. The number of carbonyl (C=O) groups is 1. The molecule has 0 heterocycles. The summed E-state index contributed by atoms with van der Waals surface area (Å²) < 4.78 is 1.06. The van der Waals surface area contributed by atoms with Gasteiger partial charge in [0.1, 0.15) is 0 Å². The fourth-order valence-corrected chi connectivity index (χ4v) is 2.54. The Hall–Kier alpha value is -1.55. The minimum absolute atomic E-state index is 0.0328. The Bertz CT molecular complexity index is 598. The number of anilines is 1. The molecule has 2 aromatic carbocycles. The van der Waals surface area contributed by atoms with Crippen molar-refractivity contribution in [3.05, 3.63) is 40.9 Å². The fraction of sp³-hybridized carbons (Fsp3) is 0.312. The number of hydrogen-bond donors (Lipinski definition) is 2. The summed E-state index contributed by atoms with van der Waals surface area (Å²) in [6.07, 6.45) is 2.11. The summed E-state index contributed by atoms with van der Waals surface area (Å²) >= 11 is 3.55. The Morgan fingerprint density at radius 2 is 1.90 bits per heavy atom. The normalized spacial score (nSPS) is 10.5. The number of fused-ring (bicyclic) bond motifs is 1. The molecule has 0 spiro atoms. The lowest BCUT2D eigenvalue weighted by atomic mass is 10.1. The molecule has 0 aliphatic rings. The average molecular weight is 335 g/mol. The number of carbonyl (C=O) groups excluding carboxylic acids is 1. The van der Waals surface area contributed by atoms with E-state index in [4.69, 9.17) is 0 Å². The van der Waals surface area contributed by atoms with Gasteiger partial charge in [0.25, 0.3) is 0 Å². The third kappa shape index (κ3) is 3.73. The van der Waals surface area contributed by atoms with Gasteiger partial charge in [0.2, 0.25) is 5.91 Å². The number of amides is 1. The molecule has 2 N–H and O–H groups in total. The van der Waals surface area contributed by atoms with Crippen LogP contribution in [-0.2, 0) is 4.79 Å². The second-order valence-corrected chi connectivity index (χ2v) is 5.55. The zero-order chi connectivity index (χ0) is 14.4. The molecule has 4 heteroatoms. The highest BCUT2D eigenvalue weighted by Crippen LogP contribution is 2.29. The van der Waals surface area contributed by atoms with Crippen molar-refractivity contribution >= 4 is 38.3 Å². The number of unbranched alkanes of at least 4 members (excludes halogenated alkanes) is 1. The molecule has 0 aromatic heterocycles. The largest absolute Gasteiger partial charge is 0.376 e. The number of nitrogens with one attached hydrogen (secondary N) is 2. The van der Waals surface area contributed by atoms with E-state index in [2.05, 4.69) is 45.6 Å². The van der Waals surface area contributed by atoms with Crippen LogP contribution in [0.5, 0.6) is 0 Å². The molecule has 0 unspecified atom stereocenters. The number of halogens is 1. The van der Waals surface area contributed by atoms with Crippen molar-refractivity contribution in [3.8, 4) is 0 Å². The van der Waals surface area contributed by atoms with Crippen LogP contribution in [0, 0.1) is 0 Å². The lowest BCUT2D eigenvalue weighted by Gasteiger charge is -2.11. The van der Waals surface area contributed by atoms with Crippen LogP contribution in [0.1, 0.15) is 19.8 Å². The van der Waals surface area contributed by atoms with E-state index < -0.39 is 0 Å². The fourth-order valence-electron chi connectivity index (χ4n) is 2.06. The van der Waals surface area contributed by atoms with Crippen molar-refractivity contribution < 1.29 is 4.79 Å². The van der Waals surface area contributed by atoms with E-state index in [9.17, 15) is 4.79 Å². The van der Waals surface area contributed by atoms with Crippen molar-refractivity contribution in [1.82, 2.24) is 5.32 Å². The Morgan fingerprint density at radius 1 is 1.15 bits per heavy atom. The van der Waals surface area contributed by atoms with E-state index in [1.54, 1.807) is 0 Å². The van der Waals surface area contributed by atoms with Gasteiger partial charge in [-0.05, 0) is 23.9 Å². The van der Waals surface area contributed by atoms with Crippen molar-refractivity contribution in [2.75, 3.05) is 18.4 Å². The van der Waals surface area contributed by atoms with Crippen molar-refractivity contribution in [2.24, 2.45) is 0 Å². The van der Waals surface area contributed by atoms with Gasteiger partial charge in [-0.25, -0.2) is 0 Å². The molecule has 0 aliphatic carbocycles.